The quantitative estimate of drug-likeness (QED) is 0.872. The molecule has 0 saturated heterocycles. The topological polar surface area (TPSA) is 41.1 Å². The normalized spacial score (nSPS) is 10.2. The summed E-state index contributed by atoms with van der Waals surface area (Å²) in [7, 11) is 0. The second-order valence-electron chi connectivity index (χ2n) is 4.62. The van der Waals surface area contributed by atoms with E-state index < -0.39 is 0 Å². The maximum absolute atomic E-state index is 12.7. The number of benzene rings is 2. The van der Waals surface area contributed by atoms with E-state index in [9.17, 15) is 9.18 Å². The van der Waals surface area contributed by atoms with Crippen molar-refractivity contribution in [2.45, 2.75) is 13.0 Å². The largest absolute Gasteiger partial charge is 0.338 e. The van der Waals surface area contributed by atoms with Crippen molar-refractivity contribution >= 4 is 17.6 Å². The Bertz CT molecular complexity index is 601. The maximum atomic E-state index is 12.7. The van der Waals surface area contributed by atoms with Crippen LogP contribution in [0.15, 0.2) is 48.5 Å². The van der Waals surface area contributed by atoms with E-state index in [1.165, 1.54) is 12.1 Å². The molecule has 0 heterocycles. The minimum atomic E-state index is -0.287. The van der Waals surface area contributed by atoms with E-state index in [1.54, 1.807) is 12.1 Å². The average Bonchev–Trinajstić information content (AvgIpc) is 2.47. The molecule has 0 unspecified atom stereocenters. The zero-order valence-corrected chi connectivity index (χ0v) is 12.2. The second-order valence-corrected chi connectivity index (χ2v) is 5.05. The Morgan fingerprint density at radius 3 is 2.52 bits per heavy atom. The Morgan fingerprint density at radius 1 is 1.05 bits per heavy atom. The van der Waals surface area contributed by atoms with Gasteiger partial charge in [0.1, 0.15) is 5.82 Å². The van der Waals surface area contributed by atoms with Gasteiger partial charge in [-0.05, 0) is 41.8 Å². The number of carbonyl (C=O) groups is 1. The monoisotopic (exact) mass is 306 g/mol. The molecule has 2 aromatic carbocycles. The lowest BCUT2D eigenvalue weighted by atomic mass is 10.1. The molecule has 2 N–H and O–H groups in total. The fourth-order valence-electron chi connectivity index (χ4n) is 1.86. The first-order valence-electron chi connectivity index (χ1n) is 6.64. The van der Waals surface area contributed by atoms with Crippen molar-refractivity contribution in [2.24, 2.45) is 0 Å². The summed E-state index contributed by atoms with van der Waals surface area (Å²) in [4.78, 5) is 11.6. The van der Waals surface area contributed by atoms with Crippen LogP contribution in [0.25, 0.3) is 0 Å². The Labute approximate surface area is 128 Å². The summed E-state index contributed by atoms with van der Waals surface area (Å²) in [5.74, 6) is -0.287. The molecule has 0 atom stereocenters. The van der Waals surface area contributed by atoms with E-state index >= 15 is 0 Å². The number of carbonyl (C=O) groups excluding carboxylic acids is 1. The molecule has 0 aliphatic rings. The third-order valence-corrected chi connectivity index (χ3v) is 3.19. The first-order chi connectivity index (χ1) is 10.1. The zero-order chi connectivity index (χ0) is 15.1. The minimum absolute atomic E-state index is 0.249. The van der Waals surface area contributed by atoms with E-state index in [1.807, 2.05) is 24.3 Å². The highest BCUT2D eigenvalue weighted by atomic mass is 35.5. The molecule has 110 valence electrons. The fourth-order valence-corrected chi connectivity index (χ4v) is 2.07. The van der Waals surface area contributed by atoms with Crippen molar-refractivity contribution in [1.29, 1.82) is 0 Å². The van der Waals surface area contributed by atoms with Crippen LogP contribution in [-0.4, -0.2) is 12.6 Å². The Balaban J connectivity index is 1.69. The van der Waals surface area contributed by atoms with Crippen LogP contribution in [0.3, 0.4) is 0 Å². The fraction of sp³-hybridized carbons (Fsp3) is 0.188. The van der Waals surface area contributed by atoms with Crippen molar-refractivity contribution in [2.75, 3.05) is 6.54 Å². The number of halogens is 2. The summed E-state index contributed by atoms with van der Waals surface area (Å²) in [5.41, 5.74) is 1.92. The van der Waals surface area contributed by atoms with Gasteiger partial charge in [-0.25, -0.2) is 9.18 Å². The van der Waals surface area contributed by atoms with Gasteiger partial charge in [0.2, 0.25) is 0 Å². The van der Waals surface area contributed by atoms with E-state index in [-0.39, 0.29) is 11.8 Å². The number of amides is 2. The summed E-state index contributed by atoms with van der Waals surface area (Å²) in [6.45, 7) is 0.888. The van der Waals surface area contributed by atoms with E-state index in [4.69, 9.17) is 11.6 Å². The van der Waals surface area contributed by atoms with Gasteiger partial charge in [0.05, 0.1) is 0 Å². The molecule has 0 aliphatic heterocycles. The van der Waals surface area contributed by atoms with Crippen molar-refractivity contribution in [3.05, 3.63) is 70.5 Å². The van der Waals surface area contributed by atoms with Gasteiger partial charge in [-0.2, -0.15) is 0 Å². The smallest absolute Gasteiger partial charge is 0.315 e. The van der Waals surface area contributed by atoms with Gasteiger partial charge in [0, 0.05) is 18.1 Å². The van der Waals surface area contributed by atoms with Crippen LogP contribution in [0, 0.1) is 5.82 Å². The van der Waals surface area contributed by atoms with Crippen molar-refractivity contribution in [1.82, 2.24) is 10.6 Å². The lowest BCUT2D eigenvalue weighted by Crippen LogP contribution is -2.36. The van der Waals surface area contributed by atoms with Crippen LogP contribution < -0.4 is 10.6 Å². The molecule has 0 aliphatic carbocycles. The highest BCUT2D eigenvalue weighted by Gasteiger charge is 2.01. The average molecular weight is 307 g/mol. The molecule has 2 aromatic rings. The van der Waals surface area contributed by atoms with Gasteiger partial charge >= 0.3 is 6.03 Å². The Hall–Kier alpha value is -2.07. The molecular weight excluding hydrogens is 291 g/mol. The number of rotatable bonds is 5. The van der Waals surface area contributed by atoms with Crippen molar-refractivity contribution < 1.29 is 9.18 Å². The van der Waals surface area contributed by atoms with Gasteiger partial charge in [-0.15, -0.1) is 0 Å². The summed E-state index contributed by atoms with van der Waals surface area (Å²) in [5, 5.41) is 6.17. The molecule has 0 fully saturated rings. The highest BCUT2D eigenvalue weighted by molar-refractivity contribution is 6.30. The summed E-state index contributed by atoms with van der Waals surface area (Å²) < 4.78 is 12.7. The van der Waals surface area contributed by atoms with E-state index in [2.05, 4.69) is 10.6 Å². The van der Waals surface area contributed by atoms with Crippen molar-refractivity contribution in [3.8, 4) is 0 Å². The highest BCUT2D eigenvalue weighted by Crippen LogP contribution is 2.10. The number of hydrogen-bond donors (Lipinski definition) is 2. The number of hydrogen-bond acceptors (Lipinski definition) is 1. The lowest BCUT2D eigenvalue weighted by Gasteiger charge is -2.08. The molecule has 0 spiro atoms. The van der Waals surface area contributed by atoms with Crippen LogP contribution >= 0.6 is 11.6 Å². The lowest BCUT2D eigenvalue weighted by molar-refractivity contribution is 0.240. The first-order valence-corrected chi connectivity index (χ1v) is 7.02. The van der Waals surface area contributed by atoms with Crippen LogP contribution in [0.5, 0.6) is 0 Å². The van der Waals surface area contributed by atoms with Crippen molar-refractivity contribution in [3.63, 3.8) is 0 Å². The predicted molar refractivity (Wildman–Crippen MR) is 81.8 cm³/mol. The molecule has 2 rings (SSSR count). The van der Waals surface area contributed by atoms with Crippen LogP contribution in [0.1, 0.15) is 11.1 Å². The molecule has 0 aromatic heterocycles. The minimum Gasteiger partial charge on any atom is -0.338 e. The number of nitrogens with one attached hydrogen (secondary N) is 2. The first kappa shape index (κ1) is 15.3. The van der Waals surface area contributed by atoms with E-state index in [0.717, 1.165) is 11.1 Å². The predicted octanol–water partition coefficient (Wildman–Crippen LogP) is 3.52. The maximum Gasteiger partial charge on any atom is 0.315 e. The Kier molecular flexibility index (Phi) is 5.58. The second kappa shape index (κ2) is 7.64. The molecular formula is C16H16ClFN2O. The number of urea groups is 1. The van der Waals surface area contributed by atoms with Gasteiger partial charge in [-0.3, -0.25) is 0 Å². The molecule has 0 radical (unpaired) electrons. The van der Waals surface area contributed by atoms with Crippen LogP contribution in [0.4, 0.5) is 9.18 Å². The van der Waals surface area contributed by atoms with E-state index in [0.29, 0.717) is 24.5 Å². The van der Waals surface area contributed by atoms with Crippen LogP contribution in [-0.2, 0) is 13.0 Å². The summed E-state index contributed by atoms with van der Waals surface area (Å²) in [6.07, 6.45) is 0.713. The Morgan fingerprint density at radius 2 is 1.81 bits per heavy atom. The molecule has 3 nitrogen and oxygen atoms in total. The molecule has 5 heteroatoms. The van der Waals surface area contributed by atoms with Gasteiger partial charge < -0.3 is 10.6 Å². The standard InChI is InChI=1S/C16H16ClFN2O/c17-14-3-1-2-12(10-14)8-9-19-16(21)20-11-13-4-6-15(18)7-5-13/h1-7,10H,8-9,11H2,(H2,19,20,21). The van der Waals surface area contributed by atoms with Crippen LogP contribution in [0.2, 0.25) is 5.02 Å². The molecule has 0 saturated carbocycles. The summed E-state index contributed by atoms with van der Waals surface area (Å²) >= 11 is 5.89. The third kappa shape index (κ3) is 5.44. The van der Waals surface area contributed by atoms with Gasteiger partial charge in [0.15, 0.2) is 0 Å². The third-order valence-electron chi connectivity index (χ3n) is 2.95. The SMILES string of the molecule is O=C(NCCc1cccc(Cl)c1)NCc1ccc(F)cc1. The zero-order valence-electron chi connectivity index (χ0n) is 11.4. The summed E-state index contributed by atoms with van der Waals surface area (Å²) in [6, 6.07) is 13.3. The van der Waals surface area contributed by atoms with Gasteiger partial charge in [0.25, 0.3) is 0 Å². The molecule has 21 heavy (non-hydrogen) atoms. The van der Waals surface area contributed by atoms with Gasteiger partial charge in [-0.1, -0.05) is 35.9 Å². The molecule has 2 amide bonds. The molecule has 0 bridgehead atoms.